The molecule has 5 rings (SSSR count). The highest BCUT2D eigenvalue weighted by molar-refractivity contribution is 5.44. The van der Waals surface area contributed by atoms with Crippen molar-refractivity contribution in [1.82, 2.24) is 4.90 Å². The quantitative estimate of drug-likeness (QED) is 0.899. The first-order valence-corrected chi connectivity index (χ1v) is 9.20. The highest BCUT2D eigenvalue weighted by atomic mass is 16.3. The minimum Gasteiger partial charge on any atom is -0.508 e. The minimum atomic E-state index is 0.287. The average molecular weight is 297 g/mol. The molecule has 4 atom stereocenters. The average Bonchev–Trinajstić information content (AvgIpc) is 3.31. The molecule has 1 aromatic rings. The van der Waals surface area contributed by atoms with E-state index in [1.54, 1.807) is 0 Å². The van der Waals surface area contributed by atoms with Crippen LogP contribution in [-0.4, -0.2) is 29.1 Å². The number of fused-ring (bicyclic) bond motifs is 3. The van der Waals surface area contributed by atoms with Crippen LogP contribution in [0.15, 0.2) is 18.2 Å². The van der Waals surface area contributed by atoms with Crippen molar-refractivity contribution in [2.45, 2.75) is 56.9 Å². The van der Waals surface area contributed by atoms with E-state index in [9.17, 15) is 5.11 Å². The van der Waals surface area contributed by atoms with E-state index >= 15 is 0 Å². The predicted molar refractivity (Wildman–Crippen MR) is 88.1 cm³/mol. The van der Waals surface area contributed by atoms with Crippen LogP contribution in [0.2, 0.25) is 0 Å². The summed E-state index contributed by atoms with van der Waals surface area (Å²) in [5.41, 5.74) is 3.25. The highest BCUT2D eigenvalue weighted by Crippen LogP contribution is 2.55. The van der Waals surface area contributed by atoms with Crippen molar-refractivity contribution in [2.24, 2.45) is 17.8 Å². The fourth-order valence-corrected chi connectivity index (χ4v) is 5.84. The van der Waals surface area contributed by atoms with Crippen LogP contribution in [0.3, 0.4) is 0 Å². The lowest BCUT2D eigenvalue weighted by Gasteiger charge is -2.59. The number of aromatic hydroxyl groups is 1. The number of nitrogens with zero attached hydrogens (tertiary/aromatic N) is 1. The van der Waals surface area contributed by atoms with Gasteiger partial charge in [0.2, 0.25) is 0 Å². The van der Waals surface area contributed by atoms with E-state index in [0.29, 0.717) is 5.75 Å². The van der Waals surface area contributed by atoms with Crippen molar-refractivity contribution in [3.63, 3.8) is 0 Å². The second-order valence-corrected chi connectivity index (χ2v) is 8.67. The molecule has 1 aromatic carbocycles. The molecule has 1 saturated heterocycles. The van der Waals surface area contributed by atoms with Gasteiger partial charge in [-0.2, -0.15) is 0 Å². The molecule has 1 heterocycles. The molecule has 2 saturated carbocycles. The molecule has 1 N–H and O–H groups in total. The molecule has 0 radical (unpaired) electrons. The zero-order valence-electron chi connectivity index (χ0n) is 13.6. The second kappa shape index (κ2) is 4.50. The van der Waals surface area contributed by atoms with Gasteiger partial charge in [-0.25, -0.2) is 0 Å². The topological polar surface area (TPSA) is 23.5 Å². The van der Waals surface area contributed by atoms with Crippen molar-refractivity contribution >= 4 is 0 Å². The maximum Gasteiger partial charge on any atom is 0.115 e. The SMILES string of the molecule is CC12CCC3CC1C(Cc1ccc(O)cc12)N(CC1CC1)C3. The van der Waals surface area contributed by atoms with Crippen LogP contribution < -0.4 is 0 Å². The van der Waals surface area contributed by atoms with Crippen LogP contribution in [0, 0.1) is 17.8 Å². The number of benzene rings is 1. The van der Waals surface area contributed by atoms with Gasteiger partial charge >= 0.3 is 0 Å². The number of likely N-dealkylation sites (tertiary alicyclic amines) is 1. The summed E-state index contributed by atoms with van der Waals surface area (Å²) in [5, 5.41) is 9.99. The van der Waals surface area contributed by atoms with E-state index in [2.05, 4.69) is 24.0 Å². The Bertz CT molecular complexity index is 608. The third kappa shape index (κ3) is 1.89. The van der Waals surface area contributed by atoms with E-state index in [4.69, 9.17) is 0 Å². The summed E-state index contributed by atoms with van der Waals surface area (Å²) in [7, 11) is 0. The van der Waals surface area contributed by atoms with Gasteiger partial charge in [-0.1, -0.05) is 13.0 Å². The molecule has 4 unspecified atom stereocenters. The van der Waals surface area contributed by atoms with Crippen LogP contribution in [0.5, 0.6) is 5.75 Å². The molecule has 0 aromatic heterocycles. The summed E-state index contributed by atoms with van der Waals surface area (Å²) in [6.07, 6.45) is 8.22. The summed E-state index contributed by atoms with van der Waals surface area (Å²) in [6.45, 7) is 5.18. The second-order valence-electron chi connectivity index (χ2n) is 8.67. The molecule has 2 bridgehead atoms. The molecule has 2 nitrogen and oxygen atoms in total. The Morgan fingerprint density at radius 1 is 1.27 bits per heavy atom. The molecule has 3 fully saturated rings. The van der Waals surface area contributed by atoms with E-state index < -0.39 is 0 Å². The number of phenolic OH excluding ortho intramolecular Hbond substituents is 1. The molecule has 0 spiro atoms. The van der Waals surface area contributed by atoms with Crippen LogP contribution in [0.4, 0.5) is 0 Å². The smallest absolute Gasteiger partial charge is 0.115 e. The Morgan fingerprint density at radius 2 is 2.14 bits per heavy atom. The number of hydrogen-bond donors (Lipinski definition) is 1. The summed E-state index contributed by atoms with van der Waals surface area (Å²) >= 11 is 0. The maximum atomic E-state index is 9.99. The van der Waals surface area contributed by atoms with Gasteiger partial charge in [-0.3, -0.25) is 4.90 Å². The lowest BCUT2D eigenvalue weighted by atomic mass is 9.53. The Kier molecular flexibility index (Phi) is 2.75. The Hall–Kier alpha value is -1.02. The molecular weight excluding hydrogens is 270 g/mol. The van der Waals surface area contributed by atoms with E-state index in [1.165, 1.54) is 62.7 Å². The molecular formula is C20H27NO. The van der Waals surface area contributed by atoms with Crippen LogP contribution in [0.25, 0.3) is 0 Å². The first-order chi connectivity index (χ1) is 10.6. The van der Waals surface area contributed by atoms with Crippen molar-refractivity contribution in [3.8, 4) is 5.75 Å². The third-order valence-electron chi connectivity index (χ3n) is 7.23. The molecule has 22 heavy (non-hydrogen) atoms. The Labute approximate surface area is 133 Å². The van der Waals surface area contributed by atoms with Gasteiger partial charge in [0.25, 0.3) is 0 Å². The Balaban J connectivity index is 1.58. The van der Waals surface area contributed by atoms with Gasteiger partial charge in [-0.05, 0) is 85.0 Å². The predicted octanol–water partition coefficient (Wildman–Crippen LogP) is 3.72. The van der Waals surface area contributed by atoms with E-state index in [-0.39, 0.29) is 5.41 Å². The normalized spacial score (nSPS) is 40.3. The van der Waals surface area contributed by atoms with E-state index in [1.807, 2.05) is 6.07 Å². The maximum absolute atomic E-state index is 9.99. The molecule has 4 aliphatic rings. The summed E-state index contributed by atoms with van der Waals surface area (Å²) in [6, 6.07) is 6.91. The zero-order chi connectivity index (χ0) is 14.9. The summed E-state index contributed by atoms with van der Waals surface area (Å²) in [5.74, 6) is 3.16. The fourth-order valence-electron chi connectivity index (χ4n) is 5.84. The summed E-state index contributed by atoms with van der Waals surface area (Å²) < 4.78 is 0. The largest absolute Gasteiger partial charge is 0.508 e. The minimum absolute atomic E-state index is 0.287. The van der Waals surface area contributed by atoms with Crippen molar-refractivity contribution in [2.75, 3.05) is 13.1 Å². The van der Waals surface area contributed by atoms with Gasteiger partial charge in [-0.15, -0.1) is 0 Å². The van der Waals surface area contributed by atoms with Gasteiger partial charge in [0.05, 0.1) is 0 Å². The van der Waals surface area contributed by atoms with Gasteiger partial charge in [0.1, 0.15) is 5.75 Å². The summed E-state index contributed by atoms with van der Waals surface area (Å²) in [4.78, 5) is 2.86. The first kappa shape index (κ1) is 13.4. The fraction of sp³-hybridized carbons (Fsp3) is 0.700. The van der Waals surface area contributed by atoms with E-state index in [0.717, 1.165) is 23.8 Å². The molecule has 3 aliphatic carbocycles. The van der Waals surface area contributed by atoms with Crippen molar-refractivity contribution in [3.05, 3.63) is 29.3 Å². The zero-order valence-corrected chi connectivity index (χ0v) is 13.6. The molecule has 118 valence electrons. The number of rotatable bonds is 2. The standard InChI is InChI=1S/C20H27NO/c1-20-7-6-14-8-18(20)19(21(12-14)11-13-2-3-13)9-15-4-5-16(22)10-17(15)20/h4-5,10,13-14,18-19,22H,2-3,6-9,11-12H2,1H3. The van der Waals surface area contributed by atoms with Crippen LogP contribution >= 0.6 is 0 Å². The monoisotopic (exact) mass is 297 g/mol. The number of hydrogen-bond acceptors (Lipinski definition) is 2. The Morgan fingerprint density at radius 3 is 2.95 bits per heavy atom. The highest BCUT2D eigenvalue weighted by Gasteiger charge is 2.53. The van der Waals surface area contributed by atoms with Gasteiger partial charge in [0.15, 0.2) is 0 Å². The molecule has 2 heteroatoms. The van der Waals surface area contributed by atoms with Crippen LogP contribution in [0.1, 0.15) is 50.2 Å². The number of piperidine rings is 1. The van der Waals surface area contributed by atoms with Crippen molar-refractivity contribution in [1.29, 1.82) is 0 Å². The van der Waals surface area contributed by atoms with Crippen LogP contribution in [-0.2, 0) is 11.8 Å². The number of phenols is 1. The lowest BCUT2D eigenvalue weighted by molar-refractivity contribution is -0.0297. The van der Waals surface area contributed by atoms with Crippen molar-refractivity contribution < 1.29 is 5.11 Å². The third-order valence-corrected chi connectivity index (χ3v) is 7.23. The molecule has 0 amide bonds. The van der Waals surface area contributed by atoms with Gasteiger partial charge < -0.3 is 5.11 Å². The molecule has 1 aliphatic heterocycles. The lowest BCUT2D eigenvalue weighted by Crippen LogP contribution is -2.60. The first-order valence-electron chi connectivity index (χ1n) is 9.20. The van der Waals surface area contributed by atoms with Gasteiger partial charge in [0, 0.05) is 19.1 Å².